The topological polar surface area (TPSA) is 87.4 Å². The van der Waals surface area contributed by atoms with Gasteiger partial charge in [-0.15, -0.1) is 0 Å². The summed E-state index contributed by atoms with van der Waals surface area (Å²) in [6.45, 7) is 6.46. The Morgan fingerprint density at radius 1 is 0.674 bits per heavy atom. The maximum atomic E-state index is 12.7. The van der Waals surface area contributed by atoms with Crippen LogP contribution in [0.15, 0.2) is 126 Å². The van der Waals surface area contributed by atoms with E-state index in [4.69, 9.17) is 4.74 Å². The molecule has 4 aromatic rings. The number of hydrogen-bond acceptors (Lipinski definition) is 4. The molecule has 4 rings (SSSR count). The van der Waals surface area contributed by atoms with E-state index in [1.165, 1.54) is 12.8 Å². The van der Waals surface area contributed by atoms with Gasteiger partial charge in [-0.25, -0.2) is 9.59 Å². The van der Waals surface area contributed by atoms with Crippen molar-refractivity contribution in [3.63, 3.8) is 0 Å². The van der Waals surface area contributed by atoms with Crippen molar-refractivity contribution in [1.29, 1.82) is 5.26 Å². The predicted octanol–water partition coefficient (Wildman–Crippen LogP) is 9.68. The number of ether oxygens (including phenoxy) is 1. The average molecular weight is 614 g/mol. The zero-order valence-corrected chi connectivity index (χ0v) is 27.0. The SMILES string of the molecule is CCCCCCC(C(=O)OCC)=C(c1ccccc1)c1ccccc1.CCc1ccccc1C(=C(C#N)C(=O)O)c1ccccc1. The van der Waals surface area contributed by atoms with Gasteiger partial charge >= 0.3 is 11.9 Å². The normalized spacial score (nSPS) is 10.8. The summed E-state index contributed by atoms with van der Waals surface area (Å²) >= 11 is 0. The van der Waals surface area contributed by atoms with Crippen LogP contribution in [0.2, 0.25) is 0 Å². The third-order valence-electron chi connectivity index (χ3n) is 7.53. The molecule has 236 valence electrons. The third-order valence-corrected chi connectivity index (χ3v) is 7.53. The van der Waals surface area contributed by atoms with Crippen molar-refractivity contribution < 1.29 is 19.4 Å². The van der Waals surface area contributed by atoms with Crippen LogP contribution in [0.4, 0.5) is 0 Å². The summed E-state index contributed by atoms with van der Waals surface area (Å²) < 4.78 is 5.39. The summed E-state index contributed by atoms with van der Waals surface area (Å²) in [6, 6.07) is 38.9. The van der Waals surface area contributed by atoms with Gasteiger partial charge in [0.15, 0.2) is 0 Å². The molecule has 5 nitrogen and oxygen atoms in total. The van der Waals surface area contributed by atoms with Crippen molar-refractivity contribution in [2.75, 3.05) is 6.61 Å². The molecule has 0 saturated heterocycles. The second-order valence-electron chi connectivity index (χ2n) is 10.7. The van der Waals surface area contributed by atoms with Crippen molar-refractivity contribution in [2.24, 2.45) is 0 Å². The van der Waals surface area contributed by atoms with Crippen molar-refractivity contribution in [3.8, 4) is 6.07 Å². The highest BCUT2D eigenvalue weighted by Gasteiger charge is 2.20. The van der Waals surface area contributed by atoms with E-state index in [-0.39, 0.29) is 11.5 Å². The number of carbonyl (C=O) groups excluding carboxylic acids is 1. The summed E-state index contributed by atoms with van der Waals surface area (Å²) in [4.78, 5) is 24.2. The molecule has 0 aromatic heterocycles. The number of nitriles is 1. The van der Waals surface area contributed by atoms with Gasteiger partial charge in [-0.3, -0.25) is 0 Å². The van der Waals surface area contributed by atoms with Crippen molar-refractivity contribution in [1.82, 2.24) is 0 Å². The zero-order chi connectivity index (χ0) is 33.1. The lowest BCUT2D eigenvalue weighted by Gasteiger charge is -2.16. The molecular weight excluding hydrogens is 570 g/mol. The van der Waals surface area contributed by atoms with Gasteiger partial charge in [0, 0.05) is 11.1 Å². The zero-order valence-electron chi connectivity index (χ0n) is 27.0. The molecule has 0 amide bonds. The Kier molecular flexibility index (Phi) is 14.7. The van der Waals surface area contributed by atoms with Crippen LogP contribution in [0.5, 0.6) is 0 Å². The quantitative estimate of drug-likeness (QED) is 0.0702. The van der Waals surface area contributed by atoms with E-state index in [2.05, 4.69) is 31.2 Å². The largest absolute Gasteiger partial charge is 0.477 e. The summed E-state index contributed by atoms with van der Waals surface area (Å²) in [5.74, 6) is -1.40. The molecule has 1 N–H and O–H groups in total. The first-order valence-electron chi connectivity index (χ1n) is 16.0. The monoisotopic (exact) mass is 613 g/mol. The van der Waals surface area contributed by atoms with E-state index in [9.17, 15) is 20.0 Å². The molecule has 0 saturated carbocycles. The number of carboxylic acid groups (broad SMARTS) is 1. The molecule has 0 atom stereocenters. The number of aryl methyl sites for hydroxylation is 1. The predicted molar refractivity (Wildman–Crippen MR) is 186 cm³/mol. The summed E-state index contributed by atoms with van der Waals surface area (Å²) in [5.41, 5.74) is 6.70. The van der Waals surface area contributed by atoms with Crippen LogP contribution in [-0.4, -0.2) is 23.7 Å². The Morgan fingerprint density at radius 3 is 1.63 bits per heavy atom. The molecule has 0 bridgehead atoms. The molecule has 4 aromatic carbocycles. The molecule has 0 unspecified atom stereocenters. The number of aliphatic carboxylic acids is 1. The maximum absolute atomic E-state index is 12.7. The van der Waals surface area contributed by atoms with Crippen molar-refractivity contribution >= 4 is 23.1 Å². The Bertz CT molecular complexity index is 1610. The molecule has 0 radical (unpaired) electrons. The molecule has 5 heteroatoms. The maximum Gasteiger partial charge on any atom is 0.347 e. The van der Waals surface area contributed by atoms with Gasteiger partial charge in [-0.2, -0.15) is 5.26 Å². The Labute approximate surface area is 273 Å². The number of carboxylic acids is 1. The van der Waals surface area contributed by atoms with E-state index >= 15 is 0 Å². The lowest BCUT2D eigenvalue weighted by atomic mass is 9.89. The Morgan fingerprint density at radius 2 is 1.17 bits per heavy atom. The molecule has 0 aliphatic heterocycles. The molecule has 0 spiro atoms. The van der Waals surface area contributed by atoms with Crippen LogP contribution < -0.4 is 0 Å². The number of rotatable bonds is 13. The third kappa shape index (κ3) is 9.90. The van der Waals surface area contributed by atoms with Gasteiger partial charge in [-0.05, 0) is 59.6 Å². The second kappa shape index (κ2) is 19.2. The van der Waals surface area contributed by atoms with Gasteiger partial charge < -0.3 is 9.84 Å². The minimum Gasteiger partial charge on any atom is -0.477 e. The molecule has 0 heterocycles. The highest BCUT2D eigenvalue weighted by atomic mass is 16.5. The smallest absolute Gasteiger partial charge is 0.347 e. The first kappa shape index (κ1) is 35.3. The summed E-state index contributed by atoms with van der Waals surface area (Å²) in [6.07, 6.45) is 6.04. The Hall–Kier alpha value is -5.21. The van der Waals surface area contributed by atoms with Crippen LogP contribution in [0, 0.1) is 11.3 Å². The van der Waals surface area contributed by atoms with Crippen molar-refractivity contribution in [3.05, 3.63) is 154 Å². The molecule has 0 fully saturated rings. The van der Waals surface area contributed by atoms with Crippen LogP contribution in [-0.2, 0) is 20.7 Å². The van der Waals surface area contributed by atoms with E-state index < -0.39 is 5.97 Å². The number of nitrogens with zero attached hydrogens (tertiary/aromatic N) is 1. The molecular formula is C41H43NO4. The Balaban J connectivity index is 0.000000254. The highest BCUT2D eigenvalue weighted by molar-refractivity contribution is 6.05. The number of hydrogen-bond donors (Lipinski definition) is 1. The fraction of sp³-hybridized carbons (Fsp3) is 0.244. The lowest BCUT2D eigenvalue weighted by molar-refractivity contribution is -0.138. The number of carbonyl (C=O) groups is 2. The van der Waals surface area contributed by atoms with Crippen LogP contribution in [0.1, 0.15) is 80.7 Å². The fourth-order valence-corrected chi connectivity index (χ4v) is 5.32. The first-order valence-corrected chi connectivity index (χ1v) is 16.0. The van der Waals surface area contributed by atoms with Crippen molar-refractivity contribution in [2.45, 2.75) is 59.3 Å². The van der Waals surface area contributed by atoms with Gasteiger partial charge in [0.25, 0.3) is 0 Å². The minimum absolute atomic E-state index is 0.193. The number of esters is 1. The lowest BCUT2D eigenvalue weighted by Crippen LogP contribution is -2.11. The van der Waals surface area contributed by atoms with Gasteiger partial charge in [0.1, 0.15) is 11.6 Å². The van der Waals surface area contributed by atoms with E-state index in [1.54, 1.807) is 0 Å². The van der Waals surface area contributed by atoms with Gasteiger partial charge in [0.2, 0.25) is 0 Å². The fourth-order valence-electron chi connectivity index (χ4n) is 5.32. The highest BCUT2D eigenvalue weighted by Crippen LogP contribution is 2.31. The van der Waals surface area contributed by atoms with Gasteiger partial charge in [0.05, 0.1) is 6.61 Å². The van der Waals surface area contributed by atoms with E-state index in [0.29, 0.717) is 12.2 Å². The summed E-state index contributed by atoms with van der Waals surface area (Å²) in [7, 11) is 0. The average Bonchev–Trinajstić information content (AvgIpc) is 3.10. The molecule has 0 aliphatic rings. The van der Waals surface area contributed by atoms with Gasteiger partial charge in [-0.1, -0.05) is 148 Å². The number of unbranched alkanes of at least 4 members (excludes halogenated alkanes) is 3. The molecule has 46 heavy (non-hydrogen) atoms. The standard InChI is InChI=1S/C23H28O2.C18H15NO2/c1-3-5-6-13-18-21(23(24)25-4-2)22(19-14-9-7-10-15-19)20-16-11-8-12-17-20;1-2-13-8-6-7-11-15(13)17(16(12-19)18(20)21)14-9-4-3-5-10-14/h7-12,14-17H,3-6,13,18H2,1-2H3;3-11H,2H2,1H3,(H,20,21). The minimum atomic E-state index is -1.21. The van der Waals surface area contributed by atoms with E-state index in [1.807, 2.05) is 111 Å². The van der Waals surface area contributed by atoms with Crippen LogP contribution in [0.25, 0.3) is 11.1 Å². The van der Waals surface area contributed by atoms with E-state index in [0.717, 1.165) is 64.6 Å². The summed E-state index contributed by atoms with van der Waals surface area (Å²) in [5, 5.41) is 18.6. The second-order valence-corrected chi connectivity index (χ2v) is 10.7. The van der Waals surface area contributed by atoms with Crippen LogP contribution in [0.3, 0.4) is 0 Å². The first-order chi connectivity index (χ1) is 22.5. The van der Waals surface area contributed by atoms with Crippen LogP contribution >= 0.6 is 0 Å². The molecule has 0 aliphatic carbocycles. The number of benzene rings is 4.